The third-order valence-electron chi connectivity index (χ3n) is 9.16. The van der Waals surface area contributed by atoms with Crippen molar-refractivity contribution in [3.8, 4) is 0 Å². The van der Waals surface area contributed by atoms with Crippen molar-refractivity contribution in [1.29, 1.82) is 0 Å². The molecule has 0 saturated carbocycles. The van der Waals surface area contributed by atoms with E-state index in [9.17, 15) is 0 Å². The Kier molecular flexibility index (Phi) is 45.7. The third kappa shape index (κ3) is 49.8. The second-order valence-electron chi connectivity index (χ2n) is 15.2. The Morgan fingerprint density at radius 2 is 0.512 bits per heavy atom. The molecule has 0 unspecified atom stereocenters. The third-order valence-corrected chi connectivity index (χ3v) is 9.16. The minimum Gasteiger partial charge on any atom is -1.00 e. The lowest BCUT2D eigenvalue weighted by Crippen LogP contribution is -3.00. The van der Waals surface area contributed by atoms with Crippen molar-refractivity contribution >= 4 is 0 Å². The van der Waals surface area contributed by atoms with Crippen LogP contribution in [0.2, 0.25) is 0 Å². The summed E-state index contributed by atoms with van der Waals surface area (Å²) >= 11 is 0. The lowest BCUT2D eigenvalue weighted by Gasteiger charge is -2.28. The normalized spacial score (nSPS) is 11.4. The number of nitrogens with zero attached hydrogens (tertiary/aromatic N) is 2. The van der Waals surface area contributed by atoms with E-state index in [-0.39, 0.29) is 29.4 Å². The summed E-state index contributed by atoms with van der Waals surface area (Å²) in [4.78, 5) is 0. The number of quaternary nitrogens is 2. The van der Waals surface area contributed by atoms with Crippen molar-refractivity contribution in [2.45, 2.75) is 201 Å². The van der Waals surface area contributed by atoms with Gasteiger partial charge in [0.25, 0.3) is 0 Å². The molecule has 0 atom stereocenters. The predicted molar refractivity (Wildman–Crippen MR) is 191 cm³/mol. The highest BCUT2D eigenvalue weighted by atomic mass is 79.9. The molecule has 4 heteroatoms. The van der Waals surface area contributed by atoms with E-state index in [0.717, 1.165) is 4.48 Å². The lowest BCUT2D eigenvalue weighted by molar-refractivity contribution is -0.888. The van der Waals surface area contributed by atoms with E-state index in [1.807, 2.05) is 0 Å². The fourth-order valence-corrected chi connectivity index (χ4v) is 5.67. The molecule has 43 heavy (non-hydrogen) atoms. The van der Waals surface area contributed by atoms with E-state index >= 15 is 0 Å². The molecule has 0 amide bonds. The fourth-order valence-electron chi connectivity index (χ4n) is 5.67. The Hall–Kier alpha value is 0.690. The molecule has 0 saturated heterocycles. The standard InChI is InChI=1S/C20H44N.C19H42N.BrH.ClH/c1-5-7-8-9-10-11-12-13-14-15-16-17-18-19-20-21(3,4)6-2;1-5-6-7-8-9-10-11-12-13-14-15-16-17-18-19-20(2,3)4;;/h5-20H2,1-4H3;5-19H2,1-4H3;2*1H/q2*+1;;/p-2. The van der Waals surface area contributed by atoms with E-state index in [4.69, 9.17) is 0 Å². The van der Waals surface area contributed by atoms with Crippen LogP contribution >= 0.6 is 0 Å². The van der Waals surface area contributed by atoms with Crippen LogP contribution in [0.5, 0.6) is 0 Å². The molecule has 0 aromatic rings. The maximum atomic E-state index is 2.35. The molecule has 266 valence electrons. The SMILES string of the molecule is CCCCCCCCCCCCCCCC[N+](C)(C)C.CCCCCCCCCCCCCCCC[N+](C)(C)CC.[Br-].[Cl-]. The zero-order chi connectivity index (χ0) is 30.9. The van der Waals surface area contributed by atoms with E-state index in [1.165, 1.54) is 204 Å². The first kappa shape index (κ1) is 50.5. The van der Waals surface area contributed by atoms with Gasteiger partial charge in [-0.3, -0.25) is 0 Å². The predicted octanol–water partition coefficient (Wildman–Crippen LogP) is 6.75. The summed E-state index contributed by atoms with van der Waals surface area (Å²) in [6, 6.07) is 0. The first-order valence-corrected chi connectivity index (χ1v) is 19.3. The number of rotatable bonds is 31. The van der Waals surface area contributed by atoms with Crippen molar-refractivity contribution in [3.63, 3.8) is 0 Å². The van der Waals surface area contributed by atoms with Gasteiger partial charge in [-0.05, 0) is 32.6 Å². The quantitative estimate of drug-likeness (QED) is 0.0556. The van der Waals surface area contributed by atoms with Gasteiger partial charge in [0.05, 0.1) is 54.9 Å². The van der Waals surface area contributed by atoms with Crippen LogP contribution in [0.3, 0.4) is 0 Å². The largest absolute Gasteiger partial charge is 1.00 e. The van der Waals surface area contributed by atoms with Gasteiger partial charge in [-0.1, -0.05) is 168 Å². The van der Waals surface area contributed by atoms with E-state index < -0.39 is 0 Å². The zero-order valence-corrected chi connectivity index (χ0v) is 33.9. The molecule has 0 aromatic carbocycles. The molecule has 0 aromatic heterocycles. The molecule has 0 spiro atoms. The second kappa shape index (κ2) is 38.9. The molecule has 2 nitrogen and oxygen atoms in total. The van der Waals surface area contributed by atoms with Crippen LogP contribution in [0.4, 0.5) is 0 Å². The summed E-state index contributed by atoms with van der Waals surface area (Å²) in [6.45, 7) is 10.8. The summed E-state index contributed by atoms with van der Waals surface area (Å²) in [5.41, 5.74) is 0. The van der Waals surface area contributed by atoms with Crippen molar-refractivity contribution in [2.24, 2.45) is 0 Å². The molecule has 0 aliphatic rings. The number of hydrogen-bond acceptors (Lipinski definition) is 0. The fraction of sp³-hybridized carbons (Fsp3) is 1.00. The second-order valence-corrected chi connectivity index (χ2v) is 15.2. The van der Waals surface area contributed by atoms with Gasteiger partial charge in [0.15, 0.2) is 0 Å². The maximum Gasteiger partial charge on any atom is 0.0782 e. The first-order valence-electron chi connectivity index (χ1n) is 19.3. The van der Waals surface area contributed by atoms with E-state index in [2.05, 4.69) is 56.0 Å². The van der Waals surface area contributed by atoms with Gasteiger partial charge in [0, 0.05) is 0 Å². The highest BCUT2D eigenvalue weighted by Gasteiger charge is 2.10. The molecular weight excluding hydrogens is 612 g/mol. The van der Waals surface area contributed by atoms with Gasteiger partial charge in [0.2, 0.25) is 0 Å². The number of unbranched alkanes of at least 4 members (excludes halogenated alkanes) is 26. The van der Waals surface area contributed by atoms with Crippen LogP contribution in [0.25, 0.3) is 0 Å². The molecule has 0 aliphatic heterocycles. The Labute approximate surface area is 292 Å². The van der Waals surface area contributed by atoms with Gasteiger partial charge >= 0.3 is 0 Å². The van der Waals surface area contributed by atoms with E-state index in [0.29, 0.717) is 0 Å². The van der Waals surface area contributed by atoms with Crippen LogP contribution in [-0.2, 0) is 0 Å². The summed E-state index contributed by atoms with van der Waals surface area (Å²) in [6.07, 6.45) is 40.8. The van der Waals surface area contributed by atoms with Crippen LogP contribution < -0.4 is 29.4 Å². The van der Waals surface area contributed by atoms with Gasteiger partial charge in [-0.2, -0.15) is 0 Å². The molecule has 0 aliphatic carbocycles. The maximum absolute atomic E-state index is 2.35. The zero-order valence-electron chi connectivity index (χ0n) is 31.6. The number of hydrogen-bond donors (Lipinski definition) is 0. The molecule has 0 fully saturated rings. The van der Waals surface area contributed by atoms with Crippen molar-refractivity contribution in [2.75, 3.05) is 54.9 Å². The molecule has 0 heterocycles. The highest BCUT2D eigenvalue weighted by Crippen LogP contribution is 2.14. The van der Waals surface area contributed by atoms with Gasteiger partial charge in [-0.25, -0.2) is 0 Å². The summed E-state index contributed by atoms with van der Waals surface area (Å²) in [5, 5.41) is 0. The van der Waals surface area contributed by atoms with Crippen LogP contribution in [0.15, 0.2) is 0 Å². The average Bonchev–Trinajstić information content (AvgIpc) is 2.93. The highest BCUT2D eigenvalue weighted by molar-refractivity contribution is 4.50. The van der Waals surface area contributed by atoms with Crippen molar-refractivity contribution < 1.29 is 38.4 Å². The molecule has 0 bridgehead atoms. The summed E-state index contributed by atoms with van der Waals surface area (Å²) < 4.78 is 2.32. The van der Waals surface area contributed by atoms with Crippen molar-refractivity contribution in [1.82, 2.24) is 0 Å². The van der Waals surface area contributed by atoms with E-state index in [1.54, 1.807) is 0 Å². The van der Waals surface area contributed by atoms with Crippen molar-refractivity contribution in [3.05, 3.63) is 0 Å². The molecule has 0 N–H and O–H groups in total. The smallest absolute Gasteiger partial charge is 0.0782 e. The summed E-state index contributed by atoms with van der Waals surface area (Å²) in [5.74, 6) is 0. The van der Waals surface area contributed by atoms with Crippen LogP contribution in [-0.4, -0.2) is 63.8 Å². The number of halogens is 2. The monoisotopic (exact) mass is 697 g/mol. The minimum atomic E-state index is 0. The summed E-state index contributed by atoms with van der Waals surface area (Å²) in [7, 11) is 11.6. The first-order chi connectivity index (χ1) is 19.7. The molecular formula is C39H86BrClN2. The van der Waals surface area contributed by atoms with Gasteiger partial charge in [-0.15, -0.1) is 0 Å². The minimum absolute atomic E-state index is 0. The Bertz CT molecular complexity index is 478. The van der Waals surface area contributed by atoms with Crippen LogP contribution in [0.1, 0.15) is 201 Å². The van der Waals surface area contributed by atoms with Gasteiger partial charge in [0.1, 0.15) is 0 Å². The average molecular weight is 698 g/mol. The molecule has 0 rings (SSSR count). The topological polar surface area (TPSA) is 0 Å². The van der Waals surface area contributed by atoms with Gasteiger partial charge < -0.3 is 38.4 Å². The van der Waals surface area contributed by atoms with Crippen LogP contribution in [0, 0.1) is 0 Å². The Morgan fingerprint density at radius 1 is 0.302 bits per heavy atom. The Morgan fingerprint density at radius 3 is 0.721 bits per heavy atom. The molecule has 0 radical (unpaired) electrons. The lowest BCUT2D eigenvalue weighted by atomic mass is 10.0. The Balaban J connectivity index is -0.000000338.